The van der Waals surface area contributed by atoms with Crippen molar-refractivity contribution >= 4 is 37.5 Å². The predicted octanol–water partition coefficient (Wildman–Crippen LogP) is 1.04. The molecule has 0 saturated carbocycles. The third-order valence-corrected chi connectivity index (χ3v) is 8.22. The first-order valence-corrected chi connectivity index (χ1v) is 12.0. The highest BCUT2D eigenvalue weighted by molar-refractivity contribution is 7.91. The summed E-state index contributed by atoms with van der Waals surface area (Å²) in [5.41, 5.74) is 1.74. The van der Waals surface area contributed by atoms with Crippen molar-refractivity contribution in [2.45, 2.75) is 18.9 Å². The van der Waals surface area contributed by atoms with E-state index >= 15 is 0 Å². The summed E-state index contributed by atoms with van der Waals surface area (Å²) in [6.07, 6.45) is 2.79. The Balaban J connectivity index is 1.29. The quantitative estimate of drug-likeness (QED) is 0.697. The van der Waals surface area contributed by atoms with Crippen LogP contribution in [0.1, 0.15) is 12.0 Å². The highest BCUT2D eigenvalue weighted by Gasteiger charge is 2.37. The number of furan rings is 1. The van der Waals surface area contributed by atoms with Crippen molar-refractivity contribution in [1.29, 1.82) is 0 Å². The molecule has 0 radical (unpaired) electrons. The first-order valence-electron chi connectivity index (χ1n) is 10.2. The van der Waals surface area contributed by atoms with Crippen LogP contribution in [-0.4, -0.2) is 63.0 Å². The lowest BCUT2D eigenvalue weighted by Gasteiger charge is -2.35. The lowest BCUT2D eigenvalue weighted by Crippen LogP contribution is -3.18. The Labute approximate surface area is 170 Å². The molecule has 152 valence electrons. The molecule has 0 unspecified atom stereocenters. The standard InChI is InChI=1S/C22H24N2O4S/c25-21(24-10-8-23(9-11-24)18-7-12-29(26,27)15-18)13-17-14-28-20-6-5-16-3-1-2-4-19(16)22(17)20/h1-6,14,18H,7-13,15H2/p+1/t18-/m1/s1. The van der Waals surface area contributed by atoms with E-state index in [4.69, 9.17) is 4.42 Å². The van der Waals surface area contributed by atoms with E-state index in [-0.39, 0.29) is 11.9 Å². The van der Waals surface area contributed by atoms with Gasteiger partial charge in [-0.15, -0.1) is 0 Å². The molecule has 2 fully saturated rings. The summed E-state index contributed by atoms with van der Waals surface area (Å²) in [5, 5.41) is 3.27. The van der Waals surface area contributed by atoms with Gasteiger partial charge < -0.3 is 14.2 Å². The number of hydrogen-bond acceptors (Lipinski definition) is 4. The number of amides is 1. The average molecular weight is 414 g/mol. The molecule has 0 bridgehead atoms. The first-order chi connectivity index (χ1) is 14.0. The van der Waals surface area contributed by atoms with Gasteiger partial charge in [-0.1, -0.05) is 30.3 Å². The molecule has 3 aromatic rings. The molecule has 6 nitrogen and oxygen atoms in total. The number of nitrogens with zero attached hydrogens (tertiary/aromatic N) is 1. The van der Waals surface area contributed by atoms with Gasteiger partial charge in [0, 0.05) is 17.4 Å². The number of carbonyl (C=O) groups excluding carboxylic acids is 1. The molecule has 1 atom stereocenters. The molecule has 2 aliphatic rings. The zero-order valence-electron chi connectivity index (χ0n) is 16.3. The third-order valence-electron chi connectivity index (χ3n) is 6.45. The summed E-state index contributed by atoms with van der Waals surface area (Å²) in [6.45, 7) is 3.00. The van der Waals surface area contributed by atoms with Crippen LogP contribution in [0.3, 0.4) is 0 Å². The number of benzene rings is 2. The minimum absolute atomic E-state index is 0.110. The molecule has 2 aliphatic heterocycles. The summed E-state index contributed by atoms with van der Waals surface area (Å²) in [4.78, 5) is 16.2. The van der Waals surface area contributed by atoms with Crippen LogP contribution >= 0.6 is 0 Å². The summed E-state index contributed by atoms with van der Waals surface area (Å²) in [7, 11) is -2.86. The number of rotatable bonds is 3. The number of sulfone groups is 1. The largest absolute Gasteiger partial charge is 0.464 e. The number of quaternary nitrogens is 1. The van der Waals surface area contributed by atoms with Crippen LogP contribution in [0.15, 0.2) is 47.1 Å². The number of nitrogens with one attached hydrogen (secondary N) is 1. The maximum Gasteiger partial charge on any atom is 0.227 e. The van der Waals surface area contributed by atoms with E-state index in [1.807, 2.05) is 29.2 Å². The smallest absolute Gasteiger partial charge is 0.227 e. The Bertz CT molecular complexity index is 1180. The Morgan fingerprint density at radius 2 is 1.93 bits per heavy atom. The molecule has 3 heterocycles. The molecular weight excluding hydrogens is 388 g/mol. The van der Waals surface area contributed by atoms with Gasteiger partial charge in [0.25, 0.3) is 0 Å². The number of piperazine rings is 1. The van der Waals surface area contributed by atoms with Gasteiger partial charge in [0.05, 0.1) is 44.6 Å². The number of hydrogen-bond donors (Lipinski definition) is 1. The molecule has 1 N–H and O–H groups in total. The molecular formula is C22H25N2O4S+. The van der Waals surface area contributed by atoms with Crippen LogP contribution in [0.2, 0.25) is 0 Å². The second kappa shape index (κ2) is 7.15. The minimum Gasteiger partial charge on any atom is -0.464 e. The monoisotopic (exact) mass is 413 g/mol. The van der Waals surface area contributed by atoms with Crippen molar-refractivity contribution in [2.75, 3.05) is 37.7 Å². The van der Waals surface area contributed by atoms with Gasteiger partial charge in [0.15, 0.2) is 9.84 Å². The second-order valence-electron chi connectivity index (χ2n) is 8.24. The Morgan fingerprint density at radius 3 is 2.69 bits per heavy atom. The fourth-order valence-corrected chi connectivity index (χ4v) is 6.67. The van der Waals surface area contributed by atoms with Crippen molar-refractivity contribution in [3.05, 3.63) is 48.2 Å². The summed E-state index contributed by atoms with van der Waals surface area (Å²) < 4.78 is 29.2. The van der Waals surface area contributed by atoms with Gasteiger partial charge in [-0.25, -0.2) is 8.42 Å². The first kappa shape index (κ1) is 18.6. The molecule has 1 amide bonds. The highest BCUT2D eigenvalue weighted by Crippen LogP contribution is 2.30. The Hall–Kier alpha value is -2.38. The lowest BCUT2D eigenvalue weighted by atomic mass is 10.0. The third kappa shape index (κ3) is 3.53. The van der Waals surface area contributed by atoms with Crippen molar-refractivity contribution < 1.29 is 22.5 Å². The van der Waals surface area contributed by atoms with Crippen LogP contribution < -0.4 is 4.90 Å². The second-order valence-corrected chi connectivity index (χ2v) is 10.5. The van der Waals surface area contributed by atoms with Gasteiger partial charge in [-0.05, 0) is 16.8 Å². The molecule has 7 heteroatoms. The van der Waals surface area contributed by atoms with E-state index in [2.05, 4.69) is 12.1 Å². The normalized spacial score (nSPS) is 22.5. The van der Waals surface area contributed by atoms with Crippen LogP contribution in [0, 0.1) is 0 Å². The zero-order chi connectivity index (χ0) is 20.0. The van der Waals surface area contributed by atoms with E-state index < -0.39 is 9.84 Å². The summed E-state index contributed by atoms with van der Waals surface area (Å²) in [6, 6.07) is 12.3. The van der Waals surface area contributed by atoms with Gasteiger partial charge in [-0.2, -0.15) is 0 Å². The average Bonchev–Trinajstić information content (AvgIpc) is 3.31. The van der Waals surface area contributed by atoms with Crippen LogP contribution in [0.4, 0.5) is 0 Å². The topological polar surface area (TPSA) is 72.0 Å². The van der Waals surface area contributed by atoms with Crippen molar-refractivity contribution in [1.82, 2.24) is 4.90 Å². The van der Waals surface area contributed by atoms with Gasteiger partial charge in [0.2, 0.25) is 5.91 Å². The van der Waals surface area contributed by atoms with Crippen LogP contribution in [0.5, 0.6) is 0 Å². The number of fused-ring (bicyclic) bond motifs is 3. The number of carbonyl (C=O) groups is 1. The van der Waals surface area contributed by atoms with Crippen molar-refractivity contribution in [2.24, 2.45) is 0 Å². The van der Waals surface area contributed by atoms with E-state index in [1.54, 1.807) is 6.26 Å². The fourth-order valence-electron chi connectivity index (χ4n) is 4.85. The fraction of sp³-hybridized carbons (Fsp3) is 0.409. The summed E-state index contributed by atoms with van der Waals surface area (Å²) >= 11 is 0. The molecule has 2 saturated heterocycles. The molecule has 0 aliphatic carbocycles. The molecule has 1 aromatic heterocycles. The molecule has 2 aromatic carbocycles. The molecule has 29 heavy (non-hydrogen) atoms. The minimum atomic E-state index is -2.86. The summed E-state index contributed by atoms with van der Waals surface area (Å²) in [5.74, 6) is 0.717. The maximum atomic E-state index is 13.0. The van der Waals surface area contributed by atoms with Gasteiger partial charge in [0.1, 0.15) is 17.4 Å². The van der Waals surface area contributed by atoms with E-state index in [0.717, 1.165) is 46.8 Å². The highest BCUT2D eigenvalue weighted by atomic mass is 32.2. The lowest BCUT2D eigenvalue weighted by molar-refractivity contribution is -0.925. The van der Waals surface area contributed by atoms with Crippen molar-refractivity contribution in [3.8, 4) is 0 Å². The molecule has 5 rings (SSSR count). The SMILES string of the molecule is O=C(Cc1coc2ccc3ccccc3c12)N1CC[NH+]([C@@H]2CCS(=O)(=O)C2)CC1. The maximum absolute atomic E-state index is 13.0. The van der Waals surface area contributed by atoms with E-state index in [0.29, 0.717) is 31.0 Å². The van der Waals surface area contributed by atoms with Gasteiger partial charge in [-0.3, -0.25) is 4.79 Å². The van der Waals surface area contributed by atoms with Gasteiger partial charge >= 0.3 is 0 Å². The predicted molar refractivity (Wildman–Crippen MR) is 112 cm³/mol. The zero-order valence-corrected chi connectivity index (χ0v) is 17.1. The Kier molecular flexibility index (Phi) is 4.59. The van der Waals surface area contributed by atoms with Crippen LogP contribution in [-0.2, 0) is 21.1 Å². The van der Waals surface area contributed by atoms with Crippen LogP contribution in [0.25, 0.3) is 21.7 Å². The Morgan fingerprint density at radius 1 is 1.14 bits per heavy atom. The van der Waals surface area contributed by atoms with Crippen molar-refractivity contribution in [3.63, 3.8) is 0 Å². The molecule has 0 spiro atoms. The van der Waals surface area contributed by atoms with E-state index in [9.17, 15) is 13.2 Å². The van der Waals surface area contributed by atoms with E-state index in [1.165, 1.54) is 4.90 Å².